The summed E-state index contributed by atoms with van der Waals surface area (Å²) in [5.41, 5.74) is 1.32. The van der Waals surface area contributed by atoms with Crippen LogP contribution in [0.4, 0.5) is 0 Å². The van der Waals surface area contributed by atoms with E-state index in [0.29, 0.717) is 16.3 Å². The summed E-state index contributed by atoms with van der Waals surface area (Å²) >= 11 is 1.41. The molecule has 7 heteroatoms. The molecule has 1 N–H and O–H groups in total. The Hall–Kier alpha value is -2.93. The lowest BCUT2D eigenvalue weighted by molar-refractivity contribution is -0.135. The number of benzene rings is 1. The minimum atomic E-state index is -0.972. The predicted molar refractivity (Wildman–Crippen MR) is 89.8 cm³/mol. The Morgan fingerprint density at radius 3 is 2.79 bits per heavy atom. The standard InChI is InChI=1S/C17H13NO5S/c1-22-17(21)13-7-6-11(23-13)8-10(9-15(19)20)16-18-12-4-2-3-5-14(12)24-16/h2-8H,9H2,1H3,(H,19,20)/b10-8+. The van der Waals surface area contributed by atoms with Gasteiger partial charge in [-0.25, -0.2) is 9.78 Å². The van der Waals surface area contributed by atoms with Gasteiger partial charge >= 0.3 is 11.9 Å². The van der Waals surface area contributed by atoms with Crippen LogP contribution in [-0.2, 0) is 9.53 Å². The fraction of sp³-hybridized carbons (Fsp3) is 0.118. The summed E-state index contributed by atoms with van der Waals surface area (Å²) in [5.74, 6) is -1.14. The van der Waals surface area contributed by atoms with Crippen LogP contribution < -0.4 is 0 Å². The first-order chi connectivity index (χ1) is 11.6. The van der Waals surface area contributed by atoms with E-state index in [0.717, 1.165) is 10.2 Å². The van der Waals surface area contributed by atoms with Crippen molar-refractivity contribution < 1.29 is 23.8 Å². The number of rotatable bonds is 5. The molecule has 0 bridgehead atoms. The highest BCUT2D eigenvalue weighted by atomic mass is 32.1. The minimum absolute atomic E-state index is 0.0581. The Labute approximate surface area is 141 Å². The zero-order valence-corrected chi connectivity index (χ0v) is 13.5. The highest BCUT2D eigenvalue weighted by Crippen LogP contribution is 2.30. The van der Waals surface area contributed by atoms with E-state index in [1.165, 1.54) is 24.5 Å². The predicted octanol–water partition coefficient (Wildman–Crippen LogP) is 3.69. The first kappa shape index (κ1) is 15.9. The van der Waals surface area contributed by atoms with E-state index in [2.05, 4.69) is 9.72 Å². The molecule has 6 nitrogen and oxygen atoms in total. The van der Waals surface area contributed by atoms with Crippen molar-refractivity contribution in [3.05, 3.63) is 52.9 Å². The quantitative estimate of drug-likeness (QED) is 0.711. The van der Waals surface area contributed by atoms with Gasteiger partial charge in [-0.15, -0.1) is 11.3 Å². The molecule has 0 unspecified atom stereocenters. The highest BCUT2D eigenvalue weighted by Gasteiger charge is 2.15. The number of hydrogen-bond donors (Lipinski definition) is 1. The number of carbonyl (C=O) groups excluding carboxylic acids is 1. The molecule has 122 valence electrons. The van der Waals surface area contributed by atoms with Crippen molar-refractivity contribution in [2.24, 2.45) is 0 Å². The second-order valence-corrected chi connectivity index (χ2v) is 5.95. The summed E-state index contributed by atoms with van der Waals surface area (Å²) in [4.78, 5) is 27.1. The van der Waals surface area contributed by atoms with Crippen LogP contribution in [0.5, 0.6) is 0 Å². The molecule has 0 amide bonds. The second-order valence-electron chi connectivity index (χ2n) is 4.92. The molecule has 0 radical (unpaired) electrons. The Kier molecular flexibility index (Phi) is 4.43. The largest absolute Gasteiger partial charge is 0.481 e. The smallest absolute Gasteiger partial charge is 0.373 e. The van der Waals surface area contributed by atoms with Crippen molar-refractivity contribution in [1.29, 1.82) is 0 Å². The lowest BCUT2D eigenvalue weighted by atomic mass is 10.1. The molecule has 0 saturated carbocycles. The van der Waals surface area contributed by atoms with E-state index in [4.69, 9.17) is 9.52 Å². The maximum atomic E-state index is 11.4. The van der Waals surface area contributed by atoms with E-state index in [1.807, 2.05) is 24.3 Å². The molecular formula is C17H13NO5S. The average Bonchev–Trinajstić information content (AvgIpc) is 3.19. The molecule has 0 saturated heterocycles. The molecule has 0 aliphatic rings. The second kappa shape index (κ2) is 6.67. The maximum absolute atomic E-state index is 11.4. The average molecular weight is 343 g/mol. The van der Waals surface area contributed by atoms with Gasteiger partial charge in [0.2, 0.25) is 5.76 Å². The maximum Gasteiger partial charge on any atom is 0.373 e. The molecule has 24 heavy (non-hydrogen) atoms. The highest BCUT2D eigenvalue weighted by molar-refractivity contribution is 7.19. The molecule has 3 rings (SSSR count). The number of furan rings is 1. The number of para-hydroxylation sites is 1. The summed E-state index contributed by atoms with van der Waals surface area (Å²) in [6, 6.07) is 10.6. The molecule has 1 aromatic carbocycles. The van der Waals surface area contributed by atoms with Gasteiger partial charge in [-0.05, 0) is 30.3 Å². The number of carboxylic acid groups (broad SMARTS) is 1. The number of esters is 1. The number of aromatic nitrogens is 1. The van der Waals surface area contributed by atoms with Crippen LogP contribution in [0.1, 0.15) is 27.7 Å². The van der Waals surface area contributed by atoms with Crippen LogP contribution in [0.2, 0.25) is 0 Å². The van der Waals surface area contributed by atoms with E-state index >= 15 is 0 Å². The number of methoxy groups -OCH3 is 1. The SMILES string of the molecule is COC(=O)c1ccc(/C=C(\CC(=O)O)c2nc3ccccc3s2)o1. The number of carbonyl (C=O) groups is 2. The Morgan fingerprint density at radius 1 is 1.29 bits per heavy atom. The molecular weight excluding hydrogens is 330 g/mol. The number of thiazole rings is 1. The monoisotopic (exact) mass is 343 g/mol. The van der Waals surface area contributed by atoms with E-state index in [1.54, 1.807) is 12.1 Å². The molecule has 0 aliphatic heterocycles. The Balaban J connectivity index is 2.00. The summed E-state index contributed by atoms with van der Waals surface area (Å²) in [7, 11) is 1.26. The number of carboxylic acids is 1. The number of hydrogen-bond acceptors (Lipinski definition) is 6. The van der Waals surface area contributed by atoms with Crippen LogP contribution in [0.25, 0.3) is 21.9 Å². The summed E-state index contributed by atoms with van der Waals surface area (Å²) in [5, 5.41) is 9.77. The van der Waals surface area contributed by atoms with Crippen LogP contribution in [0.15, 0.2) is 40.8 Å². The summed E-state index contributed by atoms with van der Waals surface area (Å²) in [6.07, 6.45) is 1.38. The zero-order valence-electron chi connectivity index (χ0n) is 12.7. The van der Waals surface area contributed by atoms with Gasteiger partial charge in [0.05, 0.1) is 23.7 Å². The Bertz CT molecular complexity index is 904. The third-order valence-corrected chi connectivity index (χ3v) is 4.35. The first-order valence-electron chi connectivity index (χ1n) is 7.03. The number of ether oxygens (including phenoxy) is 1. The number of aliphatic carboxylic acids is 1. The topological polar surface area (TPSA) is 89.6 Å². The van der Waals surface area contributed by atoms with Crippen molar-refractivity contribution in [2.75, 3.05) is 7.11 Å². The third kappa shape index (κ3) is 3.36. The zero-order chi connectivity index (χ0) is 17.1. The van der Waals surface area contributed by atoms with Crippen molar-refractivity contribution in [3.63, 3.8) is 0 Å². The van der Waals surface area contributed by atoms with E-state index in [9.17, 15) is 9.59 Å². The molecule has 0 fully saturated rings. The normalized spacial score (nSPS) is 11.6. The molecule has 0 atom stereocenters. The van der Waals surface area contributed by atoms with Crippen LogP contribution in [-0.4, -0.2) is 29.1 Å². The van der Waals surface area contributed by atoms with Crippen LogP contribution in [0.3, 0.4) is 0 Å². The van der Waals surface area contributed by atoms with Crippen LogP contribution in [0, 0.1) is 0 Å². The fourth-order valence-corrected chi connectivity index (χ4v) is 3.15. The number of nitrogens with zero attached hydrogens (tertiary/aromatic N) is 1. The molecule has 2 aromatic heterocycles. The summed E-state index contributed by atoms with van der Waals surface area (Å²) < 4.78 is 10.9. The third-order valence-electron chi connectivity index (χ3n) is 3.24. The van der Waals surface area contributed by atoms with Gasteiger partial charge in [-0.2, -0.15) is 0 Å². The summed E-state index contributed by atoms with van der Waals surface area (Å²) in [6.45, 7) is 0. The van der Waals surface area contributed by atoms with Crippen molar-refractivity contribution in [1.82, 2.24) is 4.98 Å². The molecule has 2 heterocycles. The first-order valence-corrected chi connectivity index (χ1v) is 7.85. The van der Waals surface area contributed by atoms with Gasteiger partial charge < -0.3 is 14.3 Å². The van der Waals surface area contributed by atoms with Gasteiger partial charge in [0.1, 0.15) is 10.8 Å². The lowest BCUT2D eigenvalue weighted by Crippen LogP contribution is -1.98. The van der Waals surface area contributed by atoms with Crippen molar-refractivity contribution in [2.45, 2.75) is 6.42 Å². The van der Waals surface area contributed by atoms with Crippen molar-refractivity contribution >= 4 is 45.1 Å². The molecule has 3 aromatic rings. The molecule has 0 spiro atoms. The van der Waals surface area contributed by atoms with Gasteiger partial charge in [0.15, 0.2) is 0 Å². The lowest BCUT2D eigenvalue weighted by Gasteiger charge is -1.99. The van der Waals surface area contributed by atoms with Crippen LogP contribution >= 0.6 is 11.3 Å². The fourth-order valence-electron chi connectivity index (χ4n) is 2.17. The van der Waals surface area contributed by atoms with E-state index < -0.39 is 11.9 Å². The van der Waals surface area contributed by atoms with Gasteiger partial charge in [0.25, 0.3) is 0 Å². The minimum Gasteiger partial charge on any atom is -0.481 e. The number of fused-ring (bicyclic) bond motifs is 1. The molecule has 0 aliphatic carbocycles. The Morgan fingerprint density at radius 2 is 2.08 bits per heavy atom. The van der Waals surface area contributed by atoms with Gasteiger partial charge in [0, 0.05) is 5.57 Å². The van der Waals surface area contributed by atoms with E-state index in [-0.39, 0.29) is 12.2 Å². The van der Waals surface area contributed by atoms with Gasteiger partial charge in [-0.3, -0.25) is 4.79 Å². The van der Waals surface area contributed by atoms with Gasteiger partial charge in [-0.1, -0.05) is 12.1 Å². The van der Waals surface area contributed by atoms with Crippen molar-refractivity contribution in [3.8, 4) is 0 Å².